The molecule has 0 aliphatic heterocycles. The van der Waals surface area contributed by atoms with Gasteiger partial charge in [-0.25, -0.2) is 4.39 Å². The van der Waals surface area contributed by atoms with Crippen LogP contribution in [0.4, 0.5) is 4.39 Å². The maximum atomic E-state index is 13.1. The van der Waals surface area contributed by atoms with Gasteiger partial charge in [0.1, 0.15) is 30.0 Å². The second-order valence-corrected chi connectivity index (χ2v) is 4.35. The lowest BCUT2D eigenvalue weighted by atomic mass is 10.1. The molecule has 108 valence electrons. The Bertz CT molecular complexity index is 680. The summed E-state index contributed by atoms with van der Waals surface area (Å²) in [6.07, 6.45) is 0. The summed E-state index contributed by atoms with van der Waals surface area (Å²) in [5.74, 6) is 0.466. The zero-order chi connectivity index (χ0) is 15.2. The average molecular weight is 287 g/mol. The van der Waals surface area contributed by atoms with E-state index in [-0.39, 0.29) is 13.2 Å². The molecule has 0 aromatic heterocycles. The van der Waals surface area contributed by atoms with E-state index in [4.69, 9.17) is 14.7 Å². The smallest absolute Gasteiger partial charge is 0.137 e. The van der Waals surface area contributed by atoms with E-state index in [0.29, 0.717) is 22.6 Å². The van der Waals surface area contributed by atoms with Crippen LogP contribution in [0, 0.1) is 17.1 Å². The minimum absolute atomic E-state index is 0.223. The summed E-state index contributed by atoms with van der Waals surface area (Å²) in [5.41, 5.74) is 1.63. The van der Waals surface area contributed by atoms with Crippen molar-refractivity contribution in [2.45, 2.75) is 13.2 Å². The molecule has 4 nitrogen and oxygen atoms in total. The van der Waals surface area contributed by atoms with Gasteiger partial charge < -0.3 is 14.6 Å². The first-order valence-corrected chi connectivity index (χ1v) is 6.27. The third kappa shape index (κ3) is 3.50. The number of rotatable bonds is 5. The highest BCUT2D eigenvalue weighted by Gasteiger charge is 2.07. The van der Waals surface area contributed by atoms with Crippen molar-refractivity contribution in [3.8, 4) is 17.6 Å². The molecule has 0 saturated carbocycles. The van der Waals surface area contributed by atoms with Crippen LogP contribution in [0.1, 0.15) is 16.7 Å². The van der Waals surface area contributed by atoms with E-state index in [9.17, 15) is 9.50 Å². The lowest BCUT2D eigenvalue weighted by Gasteiger charge is -2.11. The van der Waals surface area contributed by atoms with Crippen LogP contribution in [-0.4, -0.2) is 12.2 Å². The zero-order valence-electron chi connectivity index (χ0n) is 11.5. The second kappa shape index (κ2) is 6.73. The van der Waals surface area contributed by atoms with Gasteiger partial charge in [-0.3, -0.25) is 0 Å². The molecule has 0 aliphatic carbocycles. The van der Waals surface area contributed by atoms with Gasteiger partial charge in [0.15, 0.2) is 0 Å². The molecule has 0 spiro atoms. The van der Waals surface area contributed by atoms with Crippen LogP contribution in [0.5, 0.6) is 11.5 Å². The van der Waals surface area contributed by atoms with E-state index in [1.807, 2.05) is 6.07 Å². The summed E-state index contributed by atoms with van der Waals surface area (Å²) in [6, 6.07) is 11.1. The number of aliphatic hydroxyl groups excluding tert-OH is 1. The highest BCUT2D eigenvalue weighted by molar-refractivity contribution is 5.45. The van der Waals surface area contributed by atoms with Crippen molar-refractivity contribution < 1.29 is 19.0 Å². The normalized spacial score (nSPS) is 10.0. The molecule has 0 atom stereocenters. The van der Waals surface area contributed by atoms with Gasteiger partial charge in [-0.15, -0.1) is 0 Å². The number of hydrogen-bond acceptors (Lipinski definition) is 4. The predicted octanol–water partition coefficient (Wildman–Crippen LogP) is 2.78. The summed E-state index contributed by atoms with van der Waals surface area (Å²) in [4.78, 5) is 0. The monoisotopic (exact) mass is 287 g/mol. The molecular weight excluding hydrogens is 273 g/mol. The van der Waals surface area contributed by atoms with Crippen molar-refractivity contribution in [1.82, 2.24) is 0 Å². The minimum atomic E-state index is -0.425. The molecule has 2 aromatic carbocycles. The van der Waals surface area contributed by atoms with E-state index in [0.717, 1.165) is 5.56 Å². The van der Waals surface area contributed by atoms with Gasteiger partial charge in [-0.05, 0) is 35.9 Å². The molecule has 21 heavy (non-hydrogen) atoms. The highest BCUT2D eigenvalue weighted by atomic mass is 19.1. The topological polar surface area (TPSA) is 62.5 Å². The minimum Gasteiger partial charge on any atom is -0.495 e. The Kier molecular flexibility index (Phi) is 4.75. The van der Waals surface area contributed by atoms with Gasteiger partial charge in [0, 0.05) is 5.56 Å². The van der Waals surface area contributed by atoms with Crippen LogP contribution in [-0.2, 0) is 13.2 Å². The van der Waals surface area contributed by atoms with Crippen molar-refractivity contribution in [3.05, 3.63) is 58.9 Å². The van der Waals surface area contributed by atoms with Crippen LogP contribution >= 0.6 is 0 Å². The number of nitriles is 1. The largest absolute Gasteiger partial charge is 0.495 e. The highest BCUT2D eigenvalue weighted by Crippen LogP contribution is 2.23. The van der Waals surface area contributed by atoms with E-state index < -0.39 is 5.82 Å². The molecule has 0 amide bonds. The molecular formula is C16H14FNO3. The van der Waals surface area contributed by atoms with Gasteiger partial charge in [0.25, 0.3) is 0 Å². The number of hydrogen-bond donors (Lipinski definition) is 1. The summed E-state index contributed by atoms with van der Waals surface area (Å²) in [7, 11) is 1.49. The van der Waals surface area contributed by atoms with Crippen LogP contribution in [0.2, 0.25) is 0 Å². The van der Waals surface area contributed by atoms with Crippen molar-refractivity contribution in [2.24, 2.45) is 0 Å². The third-order valence-corrected chi connectivity index (χ3v) is 2.97. The summed E-state index contributed by atoms with van der Waals surface area (Å²) < 4.78 is 23.8. The molecule has 1 N–H and O–H groups in total. The Morgan fingerprint density at radius 3 is 2.67 bits per heavy atom. The van der Waals surface area contributed by atoms with Gasteiger partial charge >= 0.3 is 0 Å². The fourth-order valence-electron chi connectivity index (χ4n) is 1.89. The average Bonchev–Trinajstić information content (AvgIpc) is 2.53. The number of nitrogens with zero attached hydrogens (tertiary/aromatic N) is 1. The molecule has 2 rings (SSSR count). The molecule has 0 aliphatic rings. The fourth-order valence-corrected chi connectivity index (χ4v) is 1.89. The van der Waals surface area contributed by atoms with E-state index >= 15 is 0 Å². The summed E-state index contributed by atoms with van der Waals surface area (Å²) >= 11 is 0. The first kappa shape index (κ1) is 14.8. The van der Waals surface area contributed by atoms with Crippen LogP contribution in [0.3, 0.4) is 0 Å². The van der Waals surface area contributed by atoms with Gasteiger partial charge in [0.2, 0.25) is 0 Å². The lowest BCUT2D eigenvalue weighted by Crippen LogP contribution is -2.00. The zero-order valence-corrected chi connectivity index (χ0v) is 11.5. The molecule has 0 radical (unpaired) electrons. The molecule has 2 aromatic rings. The molecule has 0 heterocycles. The van der Waals surface area contributed by atoms with Crippen LogP contribution in [0.25, 0.3) is 0 Å². The first-order valence-electron chi connectivity index (χ1n) is 6.27. The van der Waals surface area contributed by atoms with Crippen molar-refractivity contribution in [2.75, 3.05) is 7.11 Å². The first-order chi connectivity index (χ1) is 10.2. The van der Waals surface area contributed by atoms with Crippen molar-refractivity contribution >= 4 is 0 Å². The maximum Gasteiger partial charge on any atom is 0.137 e. The number of ether oxygens (including phenoxy) is 2. The van der Waals surface area contributed by atoms with E-state index in [2.05, 4.69) is 0 Å². The van der Waals surface area contributed by atoms with Gasteiger partial charge in [-0.1, -0.05) is 6.07 Å². The number of methoxy groups -OCH3 is 1. The van der Waals surface area contributed by atoms with Crippen molar-refractivity contribution in [3.63, 3.8) is 0 Å². The quantitative estimate of drug-likeness (QED) is 0.918. The SMILES string of the molecule is COc1cc(COc2ccc(F)cc2CO)ccc1C#N. The molecule has 5 heteroatoms. The Balaban J connectivity index is 2.15. The Labute approximate surface area is 122 Å². The predicted molar refractivity (Wildman–Crippen MR) is 74.4 cm³/mol. The summed E-state index contributed by atoms with van der Waals surface area (Å²) in [5, 5.41) is 18.1. The second-order valence-electron chi connectivity index (χ2n) is 4.35. The Morgan fingerprint density at radius 2 is 2.00 bits per heavy atom. The standard InChI is InChI=1S/C16H14FNO3/c1-20-16-6-11(2-3-12(16)8-18)10-21-15-5-4-14(17)7-13(15)9-19/h2-7,19H,9-10H2,1H3. The van der Waals surface area contributed by atoms with Crippen molar-refractivity contribution in [1.29, 1.82) is 5.26 Å². The number of aliphatic hydroxyl groups is 1. The number of halogens is 1. The van der Waals surface area contributed by atoms with Gasteiger partial charge in [0.05, 0.1) is 19.3 Å². The summed E-state index contributed by atoms with van der Waals surface area (Å²) in [6.45, 7) is -0.0789. The number of benzene rings is 2. The Hall–Kier alpha value is -2.58. The fraction of sp³-hybridized carbons (Fsp3) is 0.188. The maximum absolute atomic E-state index is 13.1. The third-order valence-electron chi connectivity index (χ3n) is 2.97. The molecule has 0 saturated heterocycles. The van der Waals surface area contributed by atoms with Gasteiger partial charge in [-0.2, -0.15) is 5.26 Å². The Morgan fingerprint density at radius 1 is 1.19 bits per heavy atom. The van der Waals surface area contributed by atoms with E-state index in [1.54, 1.807) is 18.2 Å². The molecule has 0 unspecified atom stereocenters. The van der Waals surface area contributed by atoms with Crippen LogP contribution in [0.15, 0.2) is 36.4 Å². The van der Waals surface area contributed by atoms with Crippen LogP contribution < -0.4 is 9.47 Å². The lowest BCUT2D eigenvalue weighted by molar-refractivity contribution is 0.258. The molecule has 0 bridgehead atoms. The van der Waals surface area contributed by atoms with E-state index in [1.165, 1.54) is 25.3 Å². The molecule has 0 fully saturated rings.